The third kappa shape index (κ3) is 7.98. The van der Waals surface area contributed by atoms with Crippen molar-refractivity contribution in [3.05, 3.63) is 22.4 Å². The molecule has 0 fully saturated rings. The average Bonchev–Trinajstić information content (AvgIpc) is 2.98. The quantitative estimate of drug-likeness (QED) is 0.391. The van der Waals surface area contributed by atoms with E-state index in [1.54, 1.807) is 30.3 Å². The first-order valence-electron chi connectivity index (χ1n) is 7.29. The van der Waals surface area contributed by atoms with Crippen LogP contribution in [0.15, 0.2) is 21.8 Å². The normalized spacial score (nSPS) is 12.3. The number of nitrogens with zero attached hydrogens (tertiary/aromatic N) is 2. The van der Waals surface area contributed by atoms with Crippen LogP contribution in [0.2, 0.25) is 0 Å². The Morgan fingerprint density at radius 3 is 2.68 bits per heavy atom. The lowest BCUT2D eigenvalue weighted by Crippen LogP contribution is -2.39. The summed E-state index contributed by atoms with van der Waals surface area (Å²) >= 11 is 1.71. The maximum atomic E-state index is 11.5. The fourth-order valence-corrected chi connectivity index (χ4v) is 2.52. The number of nitrogens with one attached hydrogen (secondary N) is 2. The Bertz CT molecular complexity index is 448. The second-order valence-corrected chi connectivity index (χ2v) is 5.92. The summed E-state index contributed by atoms with van der Waals surface area (Å²) in [6.45, 7) is 6.33. The van der Waals surface area contributed by atoms with Crippen molar-refractivity contribution in [3.63, 3.8) is 0 Å². The molecule has 126 valence electrons. The van der Waals surface area contributed by atoms with Crippen LogP contribution >= 0.6 is 35.3 Å². The maximum absolute atomic E-state index is 11.5. The van der Waals surface area contributed by atoms with Crippen LogP contribution in [-0.4, -0.2) is 50.5 Å². The van der Waals surface area contributed by atoms with E-state index in [1.807, 2.05) is 6.92 Å². The summed E-state index contributed by atoms with van der Waals surface area (Å²) in [5, 5.41) is 10.7. The van der Waals surface area contributed by atoms with Crippen LogP contribution in [0.4, 0.5) is 0 Å². The van der Waals surface area contributed by atoms with Crippen molar-refractivity contribution < 1.29 is 4.79 Å². The molecular formula is C15H27IN4OS. The van der Waals surface area contributed by atoms with Crippen molar-refractivity contribution >= 4 is 47.2 Å². The molecule has 0 aliphatic rings. The molecule has 1 unspecified atom stereocenters. The topological polar surface area (TPSA) is 56.7 Å². The van der Waals surface area contributed by atoms with Gasteiger partial charge in [0.2, 0.25) is 5.91 Å². The highest BCUT2D eigenvalue weighted by atomic mass is 127. The standard InChI is InChI=1S/C15H26N4OS.HI/c1-5-16-15(17-8-6-14(20)19(3)4)18-10-12(2)13-7-9-21-11-13;/h7,9,11-12H,5-6,8,10H2,1-4H3,(H2,16,17,18);1H. The number of hydrogen-bond donors (Lipinski definition) is 2. The van der Waals surface area contributed by atoms with E-state index in [9.17, 15) is 4.79 Å². The largest absolute Gasteiger partial charge is 0.357 e. The lowest BCUT2D eigenvalue weighted by atomic mass is 10.1. The third-order valence-corrected chi connectivity index (χ3v) is 3.81. The molecule has 0 saturated carbocycles. The highest BCUT2D eigenvalue weighted by molar-refractivity contribution is 14.0. The van der Waals surface area contributed by atoms with Gasteiger partial charge in [0.1, 0.15) is 0 Å². The van der Waals surface area contributed by atoms with Crippen LogP contribution < -0.4 is 10.6 Å². The van der Waals surface area contributed by atoms with Crippen molar-refractivity contribution in [2.45, 2.75) is 26.2 Å². The predicted molar refractivity (Wildman–Crippen MR) is 105 cm³/mol. The molecule has 1 aromatic heterocycles. The Labute approximate surface area is 154 Å². The van der Waals surface area contributed by atoms with Gasteiger partial charge in [0.05, 0.1) is 0 Å². The minimum atomic E-state index is 0. The van der Waals surface area contributed by atoms with E-state index < -0.39 is 0 Å². The Balaban J connectivity index is 0.00000441. The maximum Gasteiger partial charge on any atom is 0.223 e. The van der Waals surface area contributed by atoms with Crippen molar-refractivity contribution in [1.29, 1.82) is 0 Å². The molecule has 1 amide bonds. The van der Waals surface area contributed by atoms with Crippen LogP contribution in [-0.2, 0) is 4.79 Å². The van der Waals surface area contributed by atoms with Gasteiger partial charge in [0.15, 0.2) is 5.96 Å². The van der Waals surface area contributed by atoms with Gasteiger partial charge in [0, 0.05) is 46.1 Å². The van der Waals surface area contributed by atoms with E-state index in [0.717, 1.165) is 19.0 Å². The summed E-state index contributed by atoms with van der Waals surface area (Å²) in [7, 11) is 3.54. The number of thiophene rings is 1. The van der Waals surface area contributed by atoms with Crippen LogP contribution in [0, 0.1) is 0 Å². The molecule has 22 heavy (non-hydrogen) atoms. The molecule has 7 heteroatoms. The molecule has 0 aliphatic heterocycles. The summed E-state index contributed by atoms with van der Waals surface area (Å²) in [6.07, 6.45) is 0.470. The van der Waals surface area contributed by atoms with Crippen molar-refractivity contribution in [3.8, 4) is 0 Å². The summed E-state index contributed by atoms with van der Waals surface area (Å²) < 4.78 is 0. The van der Waals surface area contributed by atoms with Gasteiger partial charge in [-0.3, -0.25) is 9.79 Å². The van der Waals surface area contributed by atoms with Gasteiger partial charge in [-0.05, 0) is 29.3 Å². The smallest absolute Gasteiger partial charge is 0.223 e. The molecule has 0 spiro atoms. The molecular weight excluding hydrogens is 411 g/mol. The fourth-order valence-electron chi connectivity index (χ4n) is 1.74. The molecule has 0 bridgehead atoms. The minimum absolute atomic E-state index is 0. The monoisotopic (exact) mass is 438 g/mol. The first-order chi connectivity index (χ1) is 10.0. The zero-order valence-corrected chi connectivity index (χ0v) is 16.9. The fraction of sp³-hybridized carbons (Fsp3) is 0.600. The lowest BCUT2D eigenvalue weighted by Gasteiger charge is -2.14. The van der Waals surface area contributed by atoms with Crippen LogP contribution in [0.3, 0.4) is 0 Å². The molecule has 0 aliphatic carbocycles. The van der Waals surface area contributed by atoms with Crippen LogP contribution in [0.5, 0.6) is 0 Å². The summed E-state index contributed by atoms with van der Waals surface area (Å²) in [5.41, 5.74) is 1.32. The second kappa shape index (κ2) is 11.7. The molecule has 2 N–H and O–H groups in total. The van der Waals surface area contributed by atoms with Gasteiger partial charge in [-0.25, -0.2) is 0 Å². The van der Waals surface area contributed by atoms with Gasteiger partial charge < -0.3 is 15.5 Å². The number of aliphatic imine (C=N–C) groups is 1. The van der Waals surface area contributed by atoms with E-state index in [1.165, 1.54) is 5.56 Å². The van der Waals surface area contributed by atoms with E-state index in [4.69, 9.17) is 0 Å². The van der Waals surface area contributed by atoms with Crippen molar-refractivity contribution in [2.75, 3.05) is 33.7 Å². The Morgan fingerprint density at radius 2 is 2.14 bits per heavy atom. The molecule has 1 aromatic rings. The van der Waals surface area contributed by atoms with Crippen LogP contribution in [0.1, 0.15) is 31.7 Å². The summed E-state index contributed by atoms with van der Waals surface area (Å²) in [4.78, 5) is 17.7. The van der Waals surface area contributed by atoms with Crippen LogP contribution in [0.25, 0.3) is 0 Å². The molecule has 5 nitrogen and oxygen atoms in total. The molecule has 0 saturated heterocycles. The highest BCUT2D eigenvalue weighted by Gasteiger charge is 2.07. The van der Waals surface area contributed by atoms with E-state index in [-0.39, 0.29) is 29.9 Å². The van der Waals surface area contributed by atoms with Crippen molar-refractivity contribution in [2.24, 2.45) is 4.99 Å². The zero-order valence-electron chi connectivity index (χ0n) is 13.8. The molecule has 1 atom stereocenters. The number of amides is 1. The van der Waals surface area contributed by atoms with Crippen molar-refractivity contribution in [1.82, 2.24) is 15.5 Å². The zero-order chi connectivity index (χ0) is 15.7. The Kier molecular flexibility index (Phi) is 11.3. The minimum Gasteiger partial charge on any atom is -0.357 e. The number of carbonyl (C=O) groups is 1. The van der Waals surface area contributed by atoms with Gasteiger partial charge in [-0.15, -0.1) is 24.0 Å². The first-order valence-corrected chi connectivity index (χ1v) is 8.23. The molecule has 0 radical (unpaired) electrons. The van der Waals surface area contributed by atoms with Gasteiger partial charge in [0.25, 0.3) is 0 Å². The average molecular weight is 438 g/mol. The number of carbonyl (C=O) groups excluding carboxylic acids is 1. The molecule has 1 heterocycles. The van der Waals surface area contributed by atoms with E-state index in [0.29, 0.717) is 18.9 Å². The summed E-state index contributed by atoms with van der Waals surface area (Å²) in [5.74, 6) is 1.28. The lowest BCUT2D eigenvalue weighted by molar-refractivity contribution is -0.128. The summed E-state index contributed by atoms with van der Waals surface area (Å²) in [6, 6.07) is 2.14. The second-order valence-electron chi connectivity index (χ2n) is 5.14. The Morgan fingerprint density at radius 1 is 1.41 bits per heavy atom. The number of guanidine groups is 1. The first kappa shape index (κ1) is 21.2. The number of halogens is 1. The number of rotatable bonds is 7. The SMILES string of the molecule is CCNC(=NCC(C)c1ccsc1)NCCC(=O)N(C)C.I. The third-order valence-electron chi connectivity index (χ3n) is 3.11. The van der Waals surface area contributed by atoms with E-state index in [2.05, 4.69) is 39.4 Å². The van der Waals surface area contributed by atoms with Gasteiger partial charge >= 0.3 is 0 Å². The van der Waals surface area contributed by atoms with Gasteiger partial charge in [-0.1, -0.05) is 6.92 Å². The molecule has 1 rings (SSSR count). The molecule has 0 aromatic carbocycles. The Hall–Kier alpha value is -0.830. The van der Waals surface area contributed by atoms with Gasteiger partial charge in [-0.2, -0.15) is 11.3 Å². The van der Waals surface area contributed by atoms with E-state index >= 15 is 0 Å². The highest BCUT2D eigenvalue weighted by Crippen LogP contribution is 2.18. The predicted octanol–water partition coefficient (Wildman–Crippen LogP) is 2.50. The number of hydrogen-bond acceptors (Lipinski definition) is 3.